The fraction of sp³-hybridized carbons (Fsp3) is 1.00. The minimum absolute atomic E-state index is 0.218. The van der Waals surface area contributed by atoms with E-state index in [1.165, 1.54) is 0 Å². The first-order valence-electron chi connectivity index (χ1n) is 6.28. The molecule has 1 rings (SSSR count). The zero-order valence-electron chi connectivity index (χ0n) is 11.2. The van der Waals surface area contributed by atoms with Crippen LogP contribution < -0.4 is 0 Å². The van der Waals surface area contributed by atoms with Gasteiger partial charge in [0.15, 0.2) is 10.5 Å². The Kier molecular flexibility index (Phi) is 6.61. The van der Waals surface area contributed by atoms with Gasteiger partial charge in [-0.2, -0.15) is 0 Å². The molecule has 1 aliphatic rings. The van der Waals surface area contributed by atoms with E-state index in [2.05, 4.69) is 0 Å². The van der Waals surface area contributed by atoms with E-state index >= 15 is 0 Å². The maximum Gasteiger partial charge on any atom is 0.300 e. The largest absolute Gasteiger partial charge is 0.378 e. The summed E-state index contributed by atoms with van der Waals surface area (Å²) in [6, 6.07) is 0. The van der Waals surface area contributed by atoms with Crippen LogP contribution in [0, 0.1) is 0 Å². The maximum atomic E-state index is 5.80. The van der Waals surface area contributed by atoms with Crippen molar-refractivity contribution in [2.24, 2.45) is 0 Å². The highest BCUT2D eigenvalue weighted by molar-refractivity contribution is 5.98. The second-order valence-electron chi connectivity index (χ2n) is 3.86. The van der Waals surface area contributed by atoms with Gasteiger partial charge in [0.25, 0.3) is 0 Å². The summed E-state index contributed by atoms with van der Waals surface area (Å²) in [6.45, 7) is 8.30. The number of epoxide rings is 1. The molecule has 0 saturated carbocycles. The van der Waals surface area contributed by atoms with Crippen LogP contribution in [0.1, 0.15) is 27.2 Å². The summed E-state index contributed by atoms with van der Waals surface area (Å²) in [7, 11) is 0.535. The normalized spacial score (nSPS) is 21.7. The van der Waals surface area contributed by atoms with E-state index in [9.17, 15) is 0 Å². The van der Waals surface area contributed by atoms with Gasteiger partial charge in [-0.15, -0.1) is 0 Å². The highest BCUT2D eigenvalue weighted by Gasteiger charge is 2.42. The summed E-state index contributed by atoms with van der Waals surface area (Å²) in [5.74, 6) is -1.04. The van der Waals surface area contributed by atoms with Crippen molar-refractivity contribution in [3.8, 4) is 0 Å². The average Bonchev–Trinajstić information content (AvgIpc) is 3.14. The zero-order valence-corrected chi connectivity index (χ0v) is 13.2. The Morgan fingerprint density at radius 3 is 2.24 bits per heavy atom. The maximum absolute atomic E-state index is 5.80. The van der Waals surface area contributed by atoms with Crippen molar-refractivity contribution >= 4 is 10.5 Å². The van der Waals surface area contributed by atoms with Crippen molar-refractivity contribution in [1.29, 1.82) is 0 Å². The van der Waals surface area contributed by atoms with Gasteiger partial charge in [-0.25, -0.2) is 0 Å². The number of ether oxygens (including phenoxy) is 4. The van der Waals surface area contributed by atoms with Gasteiger partial charge in [0.2, 0.25) is 0 Å². The molecule has 0 aliphatic carbocycles. The molecule has 0 N–H and O–H groups in total. The molecule has 17 heavy (non-hydrogen) atoms. The van der Waals surface area contributed by atoms with Gasteiger partial charge in [0.05, 0.1) is 13.2 Å². The smallest absolute Gasteiger partial charge is 0.300 e. The van der Waals surface area contributed by atoms with Crippen LogP contribution in [0.2, 0.25) is 0 Å². The molecule has 0 bridgehead atoms. The molecule has 6 heteroatoms. The molecule has 1 heterocycles. The van der Waals surface area contributed by atoms with E-state index in [1.54, 1.807) is 0 Å². The van der Waals surface area contributed by atoms with E-state index in [4.69, 9.17) is 23.4 Å². The highest BCUT2D eigenvalue weighted by Crippen LogP contribution is 2.25. The summed E-state index contributed by atoms with van der Waals surface area (Å²) >= 11 is 0. The molecule has 0 amide bonds. The Hall–Kier alpha value is 0.0169. The van der Waals surface area contributed by atoms with Crippen molar-refractivity contribution in [2.45, 2.75) is 45.4 Å². The Labute approximate surface area is 106 Å². The molecule has 2 unspecified atom stereocenters. The van der Waals surface area contributed by atoms with Crippen LogP contribution in [0.15, 0.2) is 0 Å². The number of rotatable bonds is 10. The van der Waals surface area contributed by atoms with Crippen molar-refractivity contribution in [3.63, 3.8) is 0 Å². The standard InChI is InChI=1S/C11H24O5Si/c1-4-10(13-8-9-7-12-9)11(16-17,14-5-2)15-6-3/h9-10H,4-8H2,1-3,17H3. The zero-order chi connectivity index (χ0) is 12.7. The lowest BCUT2D eigenvalue weighted by Gasteiger charge is -2.37. The van der Waals surface area contributed by atoms with Crippen LogP contribution in [-0.2, 0) is 23.4 Å². The van der Waals surface area contributed by atoms with Crippen LogP contribution in [0.25, 0.3) is 0 Å². The van der Waals surface area contributed by atoms with Gasteiger partial charge in [-0.1, -0.05) is 6.92 Å². The van der Waals surface area contributed by atoms with E-state index in [0.717, 1.165) is 13.0 Å². The first kappa shape index (κ1) is 15.1. The predicted octanol–water partition coefficient (Wildman–Crippen LogP) is 0.204. The van der Waals surface area contributed by atoms with Gasteiger partial charge in [0, 0.05) is 13.2 Å². The second kappa shape index (κ2) is 7.45. The van der Waals surface area contributed by atoms with Gasteiger partial charge >= 0.3 is 5.97 Å². The lowest BCUT2D eigenvalue weighted by molar-refractivity contribution is -0.383. The van der Waals surface area contributed by atoms with Crippen LogP contribution in [0.4, 0.5) is 0 Å². The topological polar surface area (TPSA) is 49.5 Å². The summed E-state index contributed by atoms with van der Waals surface area (Å²) in [5, 5.41) is 0. The molecule has 0 aromatic rings. The minimum Gasteiger partial charge on any atom is -0.378 e. The molecule has 1 saturated heterocycles. The van der Waals surface area contributed by atoms with Gasteiger partial charge < -0.3 is 23.4 Å². The van der Waals surface area contributed by atoms with Crippen molar-refractivity contribution in [1.82, 2.24) is 0 Å². The highest BCUT2D eigenvalue weighted by atomic mass is 28.2. The van der Waals surface area contributed by atoms with Crippen LogP contribution in [0.3, 0.4) is 0 Å². The van der Waals surface area contributed by atoms with Crippen molar-refractivity contribution < 1.29 is 23.4 Å². The predicted molar refractivity (Wildman–Crippen MR) is 66.8 cm³/mol. The first-order valence-corrected chi connectivity index (χ1v) is 7.10. The quantitative estimate of drug-likeness (QED) is 0.321. The third kappa shape index (κ3) is 4.31. The minimum atomic E-state index is -1.04. The summed E-state index contributed by atoms with van der Waals surface area (Å²) in [6.07, 6.45) is 0.790. The molecule has 0 radical (unpaired) electrons. The van der Waals surface area contributed by atoms with E-state index in [-0.39, 0.29) is 12.2 Å². The molecule has 1 fully saturated rings. The number of hydrogen-bond acceptors (Lipinski definition) is 5. The molecule has 0 aromatic heterocycles. The molecule has 0 aromatic carbocycles. The molecule has 2 atom stereocenters. The van der Waals surface area contributed by atoms with E-state index < -0.39 is 5.97 Å². The third-order valence-corrected chi connectivity index (χ3v) is 3.20. The lowest BCUT2D eigenvalue weighted by atomic mass is 10.2. The molecular formula is C11H24O5Si. The van der Waals surface area contributed by atoms with Crippen LogP contribution in [-0.4, -0.2) is 55.1 Å². The van der Waals surface area contributed by atoms with Crippen molar-refractivity contribution in [2.75, 3.05) is 26.4 Å². The van der Waals surface area contributed by atoms with E-state index in [1.807, 2.05) is 20.8 Å². The summed E-state index contributed by atoms with van der Waals surface area (Å²) in [5.41, 5.74) is 0. The Morgan fingerprint density at radius 1 is 1.29 bits per heavy atom. The summed E-state index contributed by atoms with van der Waals surface area (Å²) in [4.78, 5) is 0. The van der Waals surface area contributed by atoms with Gasteiger partial charge in [-0.05, 0) is 20.3 Å². The molecule has 0 spiro atoms. The van der Waals surface area contributed by atoms with Crippen LogP contribution >= 0.6 is 0 Å². The number of hydrogen-bond donors (Lipinski definition) is 0. The fourth-order valence-electron chi connectivity index (χ4n) is 1.74. The third-order valence-electron chi connectivity index (χ3n) is 2.63. The Bertz CT molecular complexity index is 204. The molecular weight excluding hydrogens is 240 g/mol. The second-order valence-corrected chi connectivity index (χ2v) is 4.27. The average molecular weight is 264 g/mol. The fourth-order valence-corrected chi connectivity index (χ4v) is 2.24. The monoisotopic (exact) mass is 264 g/mol. The Morgan fingerprint density at radius 2 is 1.88 bits per heavy atom. The molecule has 1 aliphatic heterocycles. The van der Waals surface area contributed by atoms with Crippen LogP contribution in [0.5, 0.6) is 0 Å². The lowest BCUT2D eigenvalue weighted by Crippen LogP contribution is -2.51. The van der Waals surface area contributed by atoms with Gasteiger partial charge in [0.1, 0.15) is 12.2 Å². The Balaban J connectivity index is 2.59. The van der Waals surface area contributed by atoms with Gasteiger partial charge in [-0.3, -0.25) is 0 Å². The van der Waals surface area contributed by atoms with Crippen molar-refractivity contribution in [3.05, 3.63) is 0 Å². The summed E-state index contributed by atoms with van der Waals surface area (Å²) < 4.78 is 27.8. The first-order chi connectivity index (χ1) is 8.22. The SMILES string of the molecule is CCOC(O[SiH3])(OCC)C(CC)OCC1CO1. The molecule has 102 valence electrons. The molecule has 5 nitrogen and oxygen atoms in total. The van der Waals surface area contributed by atoms with E-state index in [0.29, 0.717) is 30.3 Å².